The Hall–Kier alpha value is -2.33. The standard InChI is InChI=1S/C20H24N2O2/c1-17(15-18-7-3-2-4-8-18)16-21-10-6-11-22(13-12-21)20(23)19-9-5-14-24-19/h2-5,7-9,14-15H,6,10-13,16H2,1H3/b17-15+. The number of carbonyl (C=O) groups excluding carboxylic acids is 1. The second kappa shape index (κ2) is 7.97. The van der Waals surface area contributed by atoms with E-state index in [2.05, 4.69) is 42.2 Å². The number of amides is 1. The summed E-state index contributed by atoms with van der Waals surface area (Å²) in [7, 11) is 0. The van der Waals surface area contributed by atoms with Crippen LogP contribution in [0.1, 0.15) is 29.5 Å². The van der Waals surface area contributed by atoms with Gasteiger partial charge < -0.3 is 9.32 Å². The summed E-state index contributed by atoms with van der Waals surface area (Å²) < 4.78 is 5.23. The van der Waals surface area contributed by atoms with Crippen molar-refractivity contribution in [1.29, 1.82) is 0 Å². The molecule has 1 fully saturated rings. The van der Waals surface area contributed by atoms with E-state index in [9.17, 15) is 4.79 Å². The van der Waals surface area contributed by atoms with Crippen molar-refractivity contribution in [2.45, 2.75) is 13.3 Å². The molecule has 126 valence electrons. The number of hydrogen-bond acceptors (Lipinski definition) is 3. The van der Waals surface area contributed by atoms with Crippen LogP contribution >= 0.6 is 0 Å². The number of rotatable bonds is 4. The minimum atomic E-state index is -0.00148. The SMILES string of the molecule is C/C(=C\c1ccccc1)CN1CCCN(C(=O)c2ccco2)CC1. The van der Waals surface area contributed by atoms with Gasteiger partial charge in [-0.15, -0.1) is 0 Å². The van der Waals surface area contributed by atoms with Crippen molar-refractivity contribution in [2.24, 2.45) is 0 Å². The molecule has 1 aromatic carbocycles. The highest BCUT2D eigenvalue weighted by atomic mass is 16.3. The first-order valence-electron chi connectivity index (χ1n) is 8.50. The van der Waals surface area contributed by atoms with E-state index in [1.807, 2.05) is 11.0 Å². The van der Waals surface area contributed by atoms with Crippen molar-refractivity contribution in [1.82, 2.24) is 9.80 Å². The van der Waals surface area contributed by atoms with E-state index in [0.29, 0.717) is 5.76 Å². The summed E-state index contributed by atoms with van der Waals surface area (Å²) in [5.74, 6) is 0.432. The van der Waals surface area contributed by atoms with Gasteiger partial charge in [-0.1, -0.05) is 42.0 Å². The van der Waals surface area contributed by atoms with Crippen LogP contribution in [0.4, 0.5) is 0 Å². The number of nitrogens with zero attached hydrogens (tertiary/aromatic N) is 2. The average molecular weight is 324 g/mol. The second-order valence-electron chi connectivity index (χ2n) is 6.30. The van der Waals surface area contributed by atoms with Crippen LogP contribution in [0.3, 0.4) is 0 Å². The van der Waals surface area contributed by atoms with Gasteiger partial charge >= 0.3 is 0 Å². The van der Waals surface area contributed by atoms with Crippen molar-refractivity contribution < 1.29 is 9.21 Å². The first kappa shape index (κ1) is 16.5. The summed E-state index contributed by atoms with van der Waals surface area (Å²) in [5.41, 5.74) is 2.58. The molecular weight excluding hydrogens is 300 g/mol. The molecule has 1 aromatic heterocycles. The van der Waals surface area contributed by atoms with Crippen LogP contribution in [0, 0.1) is 0 Å². The van der Waals surface area contributed by atoms with Crippen molar-refractivity contribution in [3.05, 3.63) is 65.6 Å². The van der Waals surface area contributed by atoms with Crippen LogP contribution in [-0.4, -0.2) is 48.4 Å². The van der Waals surface area contributed by atoms with Gasteiger partial charge in [-0.25, -0.2) is 0 Å². The van der Waals surface area contributed by atoms with Gasteiger partial charge in [0.05, 0.1) is 6.26 Å². The summed E-state index contributed by atoms with van der Waals surface area (Å²) in [6.07, 6.45) is 4.77. The van der Waals surface area contributed by atoms with Crippen LogP contribution in [0.5, 0.6) is 0 Å². The maximum Gasteiger partial charge on any atom is 0.289 e. The Morgan fingerprint density at radius 3 is 2.67 bits per heavy atom. The molecule has 1 saturated heterocycles. The molecule has 0 saturated carbocycles. The number of carbonyl (C=O) groups is 1. The molecular formula is C20H24N2O2. The summed E-state index contributed by atoms with van der Waals surface area (Å²) in [4.78, 5) is 16.7. The van der Waals surface area contributed by atoms with Gasteiger partial charge in [0.15, 0.2) is 5.76 Å². The fourth-order valence-corrected chi connectivity index (χ4v) is 3.12. The molecule has 0 spiro atoms. The van der Waals surface area contributed by atoms with Gasteiger partial charge in [0.1, 0.15) is 0 Å². The van der Waals surface area contributed by atoms with Crippen LogP contribution in [0.2, 0.25) is 0 Å². The maximum atomic E-state index is 12.4. The van der Waals surface area contributed by atoms with Crippen LogP contribution in [0.15, 0.2) is 58.7 Å². The van der Waals surface area contributed by atoms with E-state index >= 15 is 0 Å². The summed E-state index contributed by atoms with van der Waals surface area (Å²) >= 11 is 0. The van der Waals surface area contributed by atoms with E-state index in [-0.39, 0.29) is 5.91 Å². The second-order valence-corrected chi connectivity index (χ2v) is 6.30. The van der Waals surface area contributed by atoms with Gasteiger partial charge in [0.2, 0.25) is 0 Å². The highest BCUT2D eigenvalue weighted by Gasteiger charge is 2.21. The van der Waals surface area contributed by atoms with Gasteiger partial charge in [-0.2, -0.15) is 0 Å². The third kappa shape index (κ3) is 4.36. The quantitative estimate of drug-likeness (QED) is 0.863. The van der Waals surface area contributed by atoms with Crippen LogP contribution < -0.4 is 0 Å². The predicted molar refractivity (Wildman–Crippen MR) is 95.8 cm³/mol. The summed E-state index contributed by atoms with van der Waals surface area (Å²) in [6, 6.07) is 13.9. The molecule has 4 nitrogen and oxygen atoms in total. The zero-order valence-corrected chi connectivity index (χ0v) is 14.1. The van der Waals surface area contributed by atoms with E-state index < -0.39 is 0 Å². The van der Waals surface area contributed by atoms with Crippen molar-refractivity contribution in [2.75, 3.05) is 32.7 Å². The first-order valence-corrected chi connectivity index (χ1v) is 8.50. The minimum Gasteiger partial charge on any atom is -0.459 e. The van der Waals surface area contributed by atoms with E-state index in [0.717, 1.165) is 39.1 Å². The molecule has 1 amide bonds. The highest BCUT2D eigenvalue weighted by Crippen LogP contribution is 2.12. The lowest BCUT2D eigenvalue weighted by Gasteiger charge is -2.21. The Morgan fingerprint density at radius 2 is 1.92 bits per heavy atom. The Balaban J connectivity index is 1.56. The maximum absolute atomic E-state index is 12.4. The molecule has 0 unspecified atom stereocenters. The third-order valence-corrected chi connectivity index (χ3v) is 4.29. The molecule has 0 radical (unpaired) electrons. The van der Waals surface area contributed by atoms with E-state index in [1.165, 1.54) is 11.1 Å². The number of furan rings is 1. The largest absolute Gasteiger partial charge is 0.459 e. The molecule has 24 heavy (non-hydrogen) atoms. The van der Waals surface area contributed by atoms with Crippen LogP contribution in [-0.2, 0) is 0 Å². The first-order chi connectivity index (χ1) is 11.7. The van der Waals surface area contributed by atoms with Gasteiger partial charge in [-0.3, -0.25) is 9.69 Å². The summed E-state index contributed by atoms with van der Waals surface area (Å²) in [6.45, 7) is 6.56. The van der Waals surface area contributed by atoms with Crippen molar-refractivity contribution in [3.8, 4) is 0 Å². The highest BCUT2D eigenvalue weighted by molar-refractivity contribution is 5.91. The Labute approximate surface area is 143 Å². The minimum absolute atomic E-state index is 0.00148. The zero-order valence-electron chi connectivity index (χ0n) is 14.1. The lowest BCUT2D eigenvalue weighted by molar-refractivity contribution is 0.0730. The fraction of sp³-hybridized carbons (Fsp3) is 0.350. The monoisotopic (exact) mass is 324 g/mol. The molecule has 0 N–H and O–H groups in total. The van der Waals surface area contributed by atoms with E-state index in [4.69, 9.17) is 4.42 Å². The zero-order chi connectivity index (χ0) is 16.8. The molecule has 1 aliphatic rings. The molecule has 3 rings (SSSR count). The number of hydrogen-bond donors (Lipinski definition) is 0. The molecule has 2 aromatic rings. The average Bonchev–Trinajstić information content (AvgIpc) is 3.03. The Kier molecular flexibility index (Phi) is 5.49. The lowest BCUT2D eigenvalue weighted by Crippen LogP contribution is -2.35. The van der Waals surface area contributed by atoms with Gasteiger partial charge in [-0.05, 0) is 31.0 Å². The smallest absolute Gasteiger partial charge is 0.289 e. The van der Waals surface area contributed by atoms with Gasteiger partial charge in [0.25, 0.3) is 5.91 Å². The van der Waals surface area contributed by atoms with Gasteiger partial charge in [0, 0.05) is 32.7 Å². The van der Waals surface area contributed by atoms with Crippen LogP contribution in [0.25, 0.3) is 6.08 Å². The molecule has 0 bridgehead atoms. The molecule has 0 atom stereocenters. The summed E-state index contributed by atoms with van der Waals surface area (Å²) in [5, 5.41) is 0. The lowest BCUT2D eigenvalue weighted by atomic mass is 10.1. The molecule has 4 heteroatoms. The van der Waals surface area contributed by atoms with Crippen molar-refractivity contribution >= 4 is 12.0 Å². The third-order valence-electron chi connectivity index (χ3n) is 4.29. The normalized spacial score (nSPS) is 16.9. The number of benzene rings is 1. The molecule has 0 aliphatic carbocycles. The Morgan fingerprint density at radius 1 is 1.08 bits per heavy atom. The van der Waals surface area contributed by atoms with E-state index in [1.54, 1.807) is 18.4 Å². The Bertz CT molecular complexity index is 677. The molecule has 1 aliphatic heterocycles. The molecule has 2 heterocycles. The van der Waals surface area contributed by atoms with Crippen molar-refractivity contribution in [3.63, 3.8) is 0 Å². The fourth-order valence-electron chi connectivity index (χ4n) is 3.12. The topological polar surface area (TPSA) is 36.7 Å². The predicted octanol–water partition coefficient (Wildman–Crippen LogP) is 3.53.